The smallest absolute Gasteiger partial charge is 0.311 e. The zero-order valence-electron chi connectivity index (χ0n) is 18.4. The van der Waals surface area contributed by atoms with Crippen molar-refractivity contribution in [2.24, 2.45) is 0 Å². The van der Waals surface area contributed by atoms with Crippen LogP contribution in [0.3, 0.4) is 0 Å². The van der Waals surface area contributed by atoms with Crippen molar-refractivity contribution >= 4 is 63.9 Å². The lowest BCUT2D eigenvalue weighted by molar-refractivity contribution is -0.385. The average Bonchev–Trinajstić information content (AvgIpc) is 2.74. The van der Waals surface area contributed by atoms with Gasteiger partial charge < -0.3 is 14.8 Å². The van der Waals surface area contributed by atoms with Crippen LogP contribution in [0, 0.1) is 20.2 Å². The molecule has 16 heteroatoms. The summed E-state index contributed by atoms with van der Waals surface area (Å²) in [7, 11) is 0. The summed E-state index contributed by atoms with van der Waals surface area (Å²) in [6.45, 7) is 3.66. The predicted molar refractivity (Wildman–Crippen MR) is 127 cm³/mol. The van der Waals surface area contributed by atoms with Crippen molar-refractivity contribution in [3.05, 3.63) is 60.0 Å². The van der Waals surface area contributed by atoms with Crippen LogP contribution < -0.4 is 5.32 Å². The summed E-state index contributed by atoms with van der Waals surface area (Å²) in [5.74, 6) is -1.24. The number of nitrogens with zero attached hydrogens (tertiary/aromatic N) is 4. The van der Waals surface area contributed by atoms with Crippen LogP contribution in [0.5, 0.6) is 0 Å². The second-order valence-corrected chi connectivity index (χ2v) is 7.45. The van der Waals surface area contributed by atoms with Crippen LogP contribution >= 0.6 is 34.8 Å². The van der Waals surface area contributed by atoms with E-state index in [0.29, 0.717) is 0 Å². The number of hydrogen-bond acceptors (Lipinski definition) is 11. The van der Waals surface area contributed by atoms with Gasteiger partial charge in [0.15, 0.2) is 0 Å². The third-order valence-corrected chi connectivity index (χ3v) is 4.51. The maximum atomic E-state index is 11.7. The highest BCUT2D eigenvalue weighted by atomic mass is 35.5. The number of esters is 2. The molecule has 0 radical (unpaired) electrons. The summed E-state index contributed by atoms with van der Waals surface area (Å²) in [6, 6.07) is 4.19. The molecule has 2 heterocycles. The van der Waals surface area contributed by atoms with Crippen molar-refractivity contribution in [2.45, 2.75) is 32.7 Å². The van der Waals surface area contributed by atoms with Crippen molar-refractivity contribution in [2.75, 3.05) is 18.5 Å². The zero-order valence-corrected chi connectivity index (χ0v) is 20.7. The Balaban J connectivity index is 0.000000462. The maximum Gasteiger partial charge on any atom is 0.311 e. The van der Waals surface area contributed by atoms with Crippen LogP contribution in [0.1, 0.15) is 26.7 Å². The topological polar surface area (TPSA) is 177 Å². The van der Waals surface area contributed by atoms with Crippen LogP contribution in [0.2, 0.25) is 15.5 Å². The first-order valence-corrected chi connectivity index (χ1v) is 11.0. The van der Waals surface area contributed by atoms with Gasteiger partial charge in [-0.2, -0.15) is 0 Å². The fraction of sp³-hybridized carbons (Fsp3) is 0.368. The lowest BCUT2D eigenvalue weighted by atomic mass is 10.1. The van der Waals surface area contributed by atoms with Crippen molar-refractivity contribution in [1.82, 2.24) is 9.97 Å². The summed E-state index contributed by atoms with van der Waals surface area (Å²) in [5.41, 5.74) is -0.562. The molecule has 0 atom stereocenters. The largest absolute Gasteiger partial charge is 0.466 e. The molecule has 0 aromatic carbocycles. The summed E-state index contributed by atoms with van der Waals surface area (Å²) < 4.78 is 9.68. The molecular weight excluding hydrogens is 533 g/mol. The highest BCUT2D eigenvalue weighted by Crippen LogP contribution is 2.26. The van der Waals surface area contributed by atoms with Crippen LogP contribution in [0.25, 0.3) is 0 Å². The van der Waals surface area contributed by atoms with Crippen LogP contribution in [0.4, 0.5) is 17.2 Å². The van der Waals surface area contributed by atoms with E-state index < -0.39 is 27.8 Å². The molecule has 0 aliphatic carbocycles. The molecule has 190 valence electrons. The van der Waals surface area contributed by atoms with Crippen molar-refractivity contribution < 1.29 is 28.9 Å². The Morgan fingerprint density at radius 1 is 0.886 bits per heavy atom. The molecule has 0 fully saturated rings. The van der Waals surface area contributed by atoms with E-state index in [4.69, 9.17) is 44.3 Å². The minimum Gasteiger partial charge on any atom is -0.466 e. The Bertz CT molecular complexity index is 1050. The van der Waals surface area contributed by atoms with Gasteiger partial charge in [0.1, 0.15) is 10.3 Å². The number of carbonyl (C=O) groups is 2. The van der Waals surface area contributed by atoms with Crippen LogP contribution in [-0.4, -0.2) is 51.0 Å². The number of nitrogens with one attached hydrogen (secondary N) is 1. The Morgan fingerprint density at radius 2 is 1.34 bits per heavy atom. The third-order valence-electron chi connectivity index (χ3n) is 3.81. The summed E-state index contributed by atoms with van der Waals surface area (Å²) in [6.07, 6.45) is -0.365. The second kappa shape index (κ2) is 14.9. The quantitative estimate of drug-likeness (QED) is 0.188. The van der Waals surface area contributed by atoms with Crippen molar-refractivity contribution in [1.29, 1.82) is 0 Å². The van der Waals surface area contributed by atoms with E-state index in [9.17, 15) is 29.8 Å². The molecular formula is C19H20Cl3N5O8. The Labute approximate surface area is 214 Å². The maximum absolute atomic E-state index is 11.7. The number of rotatable bonds is 10. The Kier molecular flexibility index (Phi) is 12.6. The summed E-state index contributed by atoms with van der Waals surface area (Å²) >= 11 is 16.5. The fourth-order valence-corrected chi connectivity index (χ4v) is 2.99. The minimum atomic E-state index is -0.784. The molecule has 13 nitrogen and oxygen atoms in total. The lowest BCUT2D eigenvalue weighted by Crippen LogP contribution is -2.28. The SMILES string of the molecule is CCOC(=O)CC(CC(=O)OCC)Nc1nc(Cl)ccc1[N+](=O)[O-].O=[N+]([O-])c1ccc(Cl)nc1Cl. The van der Waals surface area contributed by atoms with Gasteiger partial charge in [0, 0.05) is 18.2 Å². The van der Waals surface area contributed by atoms with Gasteiger partial charge >= 0.3 is 23.3 Å². The molecule has 0 aliphatic rings. The van der Waals surface area contributed by atoms with Gasteiger partial charge in [0.05, 0.1) is 35.9 Å². The highest BCUT2D eigenvalue weighted by Gasteiger charge is 2.24. The monoisotopic (exact) mass is 551 g/mol. The first kappa shape index (κ1) is 29.7. The molecule has 35 heavy (non-hydrogen) atoms. The summed E-state index contributed by atoms with van der Waals surface area (Å²) in [5, 5.41) is 23.9. The van der Waals surface area contributed by atoms with E-state index in [-0.39, 0.29) is 58.7 Å². The fourth-order valence-electron chi connectivity index (χ4n) is 2.43. The van der Waals surface area contributed by atoms with Crippen molar-refractivity contribution in [3.8, 4) is 0 Å². The molecule has 2 aromatic heterocycles. The molecule has 0 amide bonds. The first-order chi connectivity index (χ1) is 16.5. The number of pyridine rings is 2. The molecule has 0 unspecified atom stereocenters. The number of halogens is 3. The third kappa shape index (κ3) is 10.7. The van der Waals surface area contributed by atoms with Gasteiger partial charge in [0.2, 0.25) is 11.0 Å². The van der Waals surface area contributed by atoms with E-state index in [0.717, 1.165) is 0 Å². The van der Waals surface area contributed by atoms with Crippen LogP contribution in [0.15, 0.2) is 24.3 Å². The van der Waals surface area contributed by atoms with Gasteiger partial charge in [0.25, 0.3) is 0 Å². The normalized spacial score (nSPS) is 10.1. The Morgan fingerprint density at radius 3 is 1.77 bits per heavy atom. The van der Waals surface area contributed by atoms with Crippen molar-refractivity contribution in [3.63, 3.8) is 0 Å². The molecule has 1 N–H and O–H groups in total. The molecule has 0 spiro atoms. The number of anilines is 1. The molecule has 0 bridgehead atoms. The van der Waals surface area contributed by atoms with E-state index >= 15 is 0 Å². The molecule has 0 saturated carbocycles. The summed E-state index contributed by atoms with van der Waals surface area (Å²) in [4.78, 5) is 50.7. The average molecular weight is 553 g/mol. The number of hydrogen-bond donors (Lipinski definition) is 1. The van der Waals surface area contributed by atoms with E-state index in [1.807, 2.05) is 0 Å². The highest BCUT2D eigenvalue weighted by molar-refractivity contribution is 6.33. The van der Waals surface area contributed by atoms with Crippen LogP contribution in [-0.2, 0) is 19.1 Å². The van der Waals surface area contributed by atoms with Gasteiger partial charge in [-0.3, -0.25) is 29.8 Å². The molecule has 2 rings (SSSR count). The minimum absolute atomic E-state index is 0.0362. The van der Waals surface area contributed by atoms with Gasteiger partial charge in [-0.05, 0) is 26.0 Å². The lowest BCUT2D eigenvalue weighted by Gasteiger charge is -2.17. The molecule has 0 saturated heterocycles. The first-order valence-electron chi connectivity index (χ1n) is 9.83. The number of aromatic nitrogens is 2. The van der Waals surface area contributed by atoms with E-state index in [1.165, 1.54) is 24.3 Å². The Hall–Kier alpha value is -3.29. The van der Waals surface area contributed by atoms with Gasteiger partial charge in [-0.1, -0.05) is 34.8 Å². The number of ether oxygens (including phenoxy) is 2. The standard InChI is InChI=1S/C14H18ClN3O6.C5H2Cl2N2O2/c1-3-23-12(19)7-9(8-13(20)24-4-2)16-14-10(18(21)22)5-6-11(15)17-14;6-4-2-1-3(9(10)11)5(7)8-4/h5-6,9H,3-4,7-8H2,1-2H3,(H,16,17);1-2H. The second-order valence-electron chi connectivity index (χ2n) is 6.32. The molecule has 0 aliphatic heterocycles. The number of carbonyl (C=O) groups excluding carboxylic acids is 2. The van der Waals surface area contributed by atoms with Gasteiger partial charge in [-0.15, -0.1) is 0 Å². The predicted octanol–water partition coefficient (Wildman–Crippen LogP) is 4.63. The molecule has 2 aromatic rings. The number of nitro groups is 2. The van der Waals surface area contributed by atoms with Gasteiger partial charge in [-0.25, -0.2) is 9.97 Å². The van der Waals surface area contributed by atoms with E-state index in [1.54, 1.807) is 13.8 Å². The zero-order chi connectivity index (χ0) is 26.5. The van der Waals surface area contributed by atoms with E-state index in [2.05, 4.69) is 15.3 Å².